The Morgan fingerprint density at radius 1 is 1.04 bits per heavy atom. The van der Waals surface area contributed by atoms with Crippen LogP contribution >= 0.6 is 0 Å². The highest BCUT2D eigenvalue weighted by Gasteiger charge is 2.13. The molecule has 2 N–H and O–H groups in total. The summed E-state index contributed by atoms with van der Waals surface area (Å²) in [4.78, 5) is 19.8. The summed E-state index contributed by atoms with van der Waals surface area (Å²) in [6, 6.07) is 16.3. The van der Waals surface area contributed by atoms with E-state index in [1.54, 1.807) is 35.1 Å². The number of carbonyl (C=O) groups is 1. The molecule has 0 spiro atoms. The second-order valence-corrected chi connectivity index (χ2v) is 5.30. The number of primary amides is 1. The second-order valence-electron chi connectivity index (χ2n) is 5.30. The van der Waals surface area contributed by atoms with E-state index in [0.717, 1.165) is 5.69 Å². The fourth-order valence-electron chi connectivity index (χ4n) is 2.49. The van der Waals surface area contributed by atoms with Crippen molar-refractivity contribution >= 4 is 16.9 Å². The van der Waals surface area contributed by atoms with Gasteiger partial charge in [-0.3, -0.25) is 4.79 Å². The van der Waals surface area contributed by atoms with Crippen molar-refractivity contribution in [3.8, 4) is 17.3 Å². The lowest BCUT2D eigenvalue weighted by Gasteiger charge is -2.07. The molecule has 1 amide bonds. The number of nitrogens with two attached hydrogens (primary N) is 1. The molecule has 0 bridgehead atoms. The smallest absolute Gasteiger partial charge is 0.248 e. The van der Waals surface area contributed by atoms with Gasteiger partial charge in [-0.1, -0.05) is 24.3 Å². The fourth-order valence-corrected chi connectivity index (χ4v) is 2.49. The zero-order valence-electron chi connectivity index (χ0n) is 13.0. The van der Waals surface area contributed by atoms with Gasteiger partial charge in [-0.25, -0.2) is 14.6 Å². The number of hydrogen-bond acceptors (Lipinski definition) is 5. The predicted molar refractivity (Wildman–Crippen MR) is 91.7 cm³/mol. The van der Waals surface area contributed by atoms with Crippen LogP contribution in [-0.4, -0.2) is 25.7 Å². The predicted octanol–water partition coefficient (Wildman–Crippen LogP) is 2.71. The van der Waals surface area contributed by atoms with Gasteiger partial charge in [-0.2, -0.15) is 5.10 Å². The molecule has 0 radical (unpaired) electrons. The van der Waals surface area contributed by atoms with Crippen LogP contribution in [0.2, 0.25) is 0 Å². The zero-order chi connectivity index (χ0) is 17.2. The Morgan fingerprint density at radius 2 is 1.88 bits per heavy atom. The molecular weight excluding hydrogens is 318 g/mol. The Morgan fingerprint density at radius 3 is 2.68 bits per heavy atom. The molecule has 122 valence electrons. The van der Waals surface area contributed by atoms with E-state index in [2.05, 4.69) is 15.1 Å². The molecule has 0 saturated heterocycles. The fraction of sp³-hybridized carbons (Fsp3) is 0. The van der Waals surface area contributed by atoms with E-state index < -0.39 is 5.91 Å². The lowest BCUT2D eigenvalue weighted by molar-refractivity contribution is 0.1000. The summed E-state index contributed by atoms with van der Waals surface area (Å²) in [5, 5.41) is 5.04. The molecule has 0 atom stereocenters. The highest BCUT2D eigenvalue weighted by atomic mass is 16.5. The van der Waals surface area contributed by atoms with Crippen molar-refractivity contribution in [3.05, 3.63) is 72.7 Å². The van der Waals surface area contributed by atoms with E-state index in [1.807, 2.05) is 30.3 Å². The van der Waals surface area contributed by atoms with Crippen molar-refractivity contribution in [1.82, 2.24) is 19.7 Å². The molecule has 25 heavy (non-hydrogen) atoms. The van der Waals surface area contributed by atoms with Crippen LogP contribution in [0.25, 0.3) is 16.7 Å². The second kappa shape index (κ2) is 6.04. The minimum Gasteiger partial charge on any atom is -0.438 e. The van der Waals surface area contributed by atoms with Crippen LogP contribution in [0.5, 0.6) is 11.6 Å². The standard InChI is InChI=1S/C18H13N5O2/c19-16(24)12-5-4-8-14(9-12)25-18-15-10-22-23(17(15)20-11-21-18)13-6-2-1-3-7-13/h1-11H,(H2,19,24). The molecule has 2 aromatic heterocycles. The minimum atomic E-state index is -0.518. The average Bonchev–Trinajstić information content (AvgIpc) is 3.08. The molecule has 4 rings (SSSR count). The van der Waals surface area contributed by atoms with E-state index in [9.17, 15) is 4.79 Å². The molecule has 0 unspecified atom stereocenters. The Balaban J connectivity index is 1.75. The van der Waals surface area contributed by atoms with Gasteiger partial charge < -0.3 is 10.5 Å². The van der Waals surface area contributed by atoms with E-state index in [4.69, 9.17) is 10.5 Å². The van der Waals surface area contributed by atoms with Gasteiger partial charge in [0.1, 0.15) is 17.5 Å². The number of nitrogens with zero attached hydrogens (tertiary/aromatic N) is 4. The van der Waals surface area contributed by atoms with Crippen molar-refractivity contribution < 1.29 is 9.53 Å². The van der Waals surface area contributed by atoms with Gasteiger partial charge in [-0.05, 0) is 30.3 Å². The number of rotatable bonds is 4. The Labute approximate surface area is 142 Å². The van der Waals surface area contributed by atoms with E-state index in [1.165, 1.54) is 6.33 Å². The molecule has 7 heteroatoms. The highest BCUT2D eigenvalue weighted by Crippen LogP contribution is 2.27. The maximum absolute atomic E-state index is 11.3. The maximum Gasteiger partial charge on any atom is 0.248 e. The van der Waals surface area contributed by atoms with Gasteiger partial charge in [0, 0.05) is 5.56 Å². The normalized spacial score (nSPS) is 10.7. The van der Waals surface area contributed by atoms with E-state index >= 15 is 0 Å². The largest absolute Gasteiger partial charge is 0.438 e. The van der Waals surface area contributed by atoms with E-state index in [-0.39, 0.29) is 0 Å². The van der Waals surface area contributed by atoms with Crippen LogP contribution in [0.4, 0.5) is 0 Å². The Hall–Kier alpha value is -3.74. The van der Waals surface area contributed by atoms with Crippen LogP contribution in [0.15, 0.2) is 67.1 Å². The third-order valence-corrected chi connectivity index (χ3v) is 3.66. The maximum atomic E-state index is 11.3. The summed E-state index contributed by atoms with van der Waals surface area (Å²) < 4.78 is 7.53. The first-order valence-corrected chi connectivity index (χ1v) is 7.54. The van der Waals surface area contributed by atoms with Crippen LogP contribution in [0, 0.1) is 0 Å². The third-order valence-electron chi connectivity index (χ3n) is 3.66. The van der Waals surface area contributed by atoms with Gasteiger partial charge >= 0.3 is 0 Å². The lowest BCUT2D eigenvalue weighted by Crippen LogP contribution is -2.10. The van der Waals surface area contributed by atoms with Gasteiger partial charge in [-0.15, -0.1) is 0 Å². The summed E-state index contributed by atoms with van der Waals surface area (Å²) in [7, 11) is 0. The van der Waals surface area contributed by atoms with Gasteiger partial charge in [0.15, 0.2) is 5.65 Å². The van der Waals surface area contributed by atoms with Crippen molar-refractivity contribution in [2.24, 2.45) is 5.73 Å². The molecule has 0 saturated carbocycles. The first-order chi connectivity index (χ1) is 12.2. The number of benzene rings is 2. The van der Waals surface area contributed by atoms with Gasteiger partial charge in [0.05, 0.1) is 11.9 Å². The minimum absolute atomic E-state index is 0.355. The van der Waals surface area contributed by atoms with Crippen LogP contribution in [-0.2, 0) is 0 Å². The molecule has 2 aromatic carbocycles. The molecular formula is C18H13N5O2. The quantitative estimate of drug-likeness (QED) is 0.620. The summed E-state index contributed by atoms with van der Waals surface area (Å²) in [5.41, 5.74) is 7.18. The van der Waals surface area contributed by atoms with Crippen molar-refractivity contribution in [3.63, 3.8) is 0 Å². The van der Waals surface area contributed by atoms with Crippen LogP contribution < -0.4 is 10.5 Å². The number of ether oxygens (including phenoxy) is 1. The summed E-state index contributed by atoms with van der Waals surface area (Å²) in [5.74, 6) is 0.299. The molecule has 2 heterocycles. The topological polar surface area (TPSA) is 95.9 Å². The van der Waals surface area contributed by atoms with Crippen LogP contribution in [0.3, 0.4) is 0 Å². The Bertz CT molecular complexity index is 1060. The first kappa shape index (κ1) is 14.8. The number of amides is 1. The number of para-hydroxylation sites is 1. The SMILES string of the molecule is NC(=O)c1cccc(Oc2ncnc3c2cnn3-c2ccccc2)c1. The molecule has 0 aliphatic heterocycles. The summed E-state index contributed by atoms with van der Waals surface area (Å²) in [6.45, 7) is 0. The highest BCUT2D eigenvalue weighted by molar-refractivity contribution is 5.93. The molecule has 7 nitrogen and oxygen atoms in total. The molecule has 0 fully saturated rings. The van der Waals surface area contributed by atoms with Gasteiger partial charge in [0.2, 0.25) is 11.8 Å². The number of fused-ring (bicyclic) bond motifs is 1. The summed E-state index contributed by atoms with van der Waals surface area (Å²) >= 11 is 0. The van der Waals surface area contributed by atoms with Crippen molar-refractivity contribution in [1.29, 1.82) is 0 Å². The zero-order valence-corrected chi connectivity index (χ0v) is 13.0. The number of hydrogen-bond donors (Lipinski definition) is 1. The van der Waals surface area contributed by atoms with Gasteiger partial charge in [0.25, 0.3) is 0 Å². The monoisotopic (exact) mass is 331 g/mol. The van der Waals surface area contributed by atoms with Crippen molar-refractivity contribution in [2.75, 3.05) is 0 Å². The summed E-state index contributed by atoms with van der Waals surface area (Å²) in [6.07, 6.45) is 3.06. The first-order valence-electron chi connectivity index (χ1n) is 7.54. The lowest BCUT2D eigenvalue weighted by atomic mass is 10.2. The number of carbonyl (C=O) groups excluding carboxylic acids is 1. The Kier molecular flexibility index (Phi) is 3.59. The molecule has 0 aliphatic carbocycles. The van der Waals surface area contributed by atoms with Crippen molar-refractivity contribution in [2.45, 2.75) is 0 Å². The number of aromatic nitrogens is 4. The van der Waals surface area contributed by atoms with Crippen LogP contribution in [0.1, 0.15) is 10.4 Å². The average molecular weight is 331 g/mol. The third kappa shape index (κ3) is 2.78. The van der Waals surface area contributed by atoms with E-state index in [0.29, 0.717) is 28.2 Å². The molecule has 0 aliphatic rings. The molecule has 4 aromatic rings.